The van der Waals surface area contributed by atoms with Crippen molar-refractivity contribution in [3.8, 4) is 11.4 Å². The topological polar surface area (TPSA) is 90.5 Å². The minimum Gasteiger partial charge on any atom is -0.287 e. The Hall–Kier alpha value is -3.13. The van der Waals surface area contributed by atoms with E-state index in [2.05, 4.69) is 15.2 Å². The third-order valence-corrected chi connectivity index (χ3v) is 4.30. The van der Waals surface area contributed by atoms with Gasteiger partial charge in [-0.2, -0.15) is 5.10 Å². The molecule has 0 bridgehead atoms. The zero-order chi connectivity index (χ0) is 17.7. The summed E-state index contributed by atoms with van der Waals surface area (Å²) < 4.78 is 4.06. The van der Waals surface area contributed by atoms with Crippen LogP contribution in [0.5, 0.6) is 0 Å². The first-order valence-electron chi connectivity index (χ1n) is 7.46. The van der Waals surface area contributed by atoms with E-state index in [9.17, 15) is 9.59 Å². The highest BCUT2D eigenvalue weighted by molar-refractivity contribution is 6.33. The number of nitrogens with one attached hydrogen (secondary N) is 1. The molecule has 8 nitrogen and oxygen atoms in total. The van der Waals surface area contributed by atoms with E-state index in [1.807, 2.05) is 0 Å². The van der Waals surface area contributed by atoms with Gasteiger partial charge in [0.2, 0.25) is 0 Å². The summed E-state index contributed by atoms with van der Waals surface area (Å²) in [4.78, 5) is 29.2. The molecular weight excluding hydrogens is 344 g/mol. The monoisotopic (exact) mass is 356 g/mol. The van der Waals surface area contributed by atoms with Crippen molar-refractivity contribution in [1.82, 2.24) is 29.1 Å². The molecule has 3 heterocycles. The predicted octanol–water partition coefficient (Wildman–Crippen LogP) is 1.56. The zero-order valence-electron chi connectivity index (χ0n) is 13.4. The van der Waals surface area contributed by atoms with Crippen molar-refractivity contribution in [3.05, 3.63) is 68.3 Å². The molecule has 0 aliphatic heterocycles. The van der Waals surface area contributed by atoms with Gasteiger partial charge in [-0.3, -0.25) is 9.89 Å². The van der Waals surface area contributed by atoms with Crippen molar-refractivity contribution in [2.24, 2.45) is 7.05 Å². The van der Waals surface area contributed by atoms with Crippen LogP contribution < -0.4 is 11.2 Å². The lowest BCUT2D eigenvalue weighted by atomic mass is 10.2. The van der Waals surface area contributed by atoms with Crippen molar-refractivity contribution in [2.75, 3.05) is 0 Å². The molecule has 0 spiro atoms. The molecular formula is C16H13ClN6O2. The summed E-state index contributed by atoms with van der Waals surface area (Å²) >= 11 is 6.08. The fraction of sp³-hybridized carbons (Fsp3) is 0.125. The summed E-state index contributed by atoms with van der Waals surface area (Å²) in [7, 11) is 1.58. The van der Waals surface area contributed by atoms with Crippen LogP contribution in [0, 0.1) is 6.92 Å². The molecule has 0 unspecified atom stereocenters. The van der Waals surface area contributed by atoms with Gasteiger partial charge in [0.1, 0.15) is 11.3 Å². The fourth-order valence-corrected chi connectivity index (χ4v) is 3.08. The maximum Gasteiger partial charge on any atom is 0.350 e. The van der Waals surface area contributed by atoms with Crippen LogP contribution in [0.3, 0.4) is 0 Å². The van der Waals surface area contributed by atoms with Crippen LogP contribution in [0.25, 0.3) is 22.3 Å². The summed E-state index contributed by atoms with van der Waals surface area (Å²) in [6.45, 7) is 1.73. The van der Waals surface area contributed by atoms with E-state index in [4.69, 9.17) is 11.6 Å². The lowest BCUT2D eigenvalue weighted by Gasteiger charge is -2.10. The predicted molar refractivity (Wildman–Crippen MR) is 93.8 cm³/mol. The van der Waals surface area contributed by atoms with Crippen LogP contribution in [0.4, 0.5) is 0 Å². The number of aromatic nitrogens is 6. The number of H-pyrrole nitrogens is 1. The van der Waals surface area contributed by atoms with Gasteiger partial charge < -0.3 is 0 Å². The van der Waals surface area contributed by atoms with E-state index in [0.29, 0.717) is 28.1 Å². The first-order chi connectivity index (χ1) is 12.0. The maximum atomic E-state index is 12.8. The molecule has 9 heteroatoms. The summed E-state index contributed by atoms with van der Waals surface area (Å²) in [5, 5.41) is 7.74. The Morgan fingerprint density at radius 2 is 1.84 bits per heavy atom. The number of fused-ring (bicyclic) bond motifs is 1. The zero-order valence-corrected chi connectivity index (χ0v) is 14.2. The molecule has 0 saturated carbocycles. The molecule has 0 atom stereocenters. The highest BCUT2D eigenvalue weighted by Crippen LogP contribution is 2.21. The van der Waals surface area contributed by atoms with E-state index < -0.39 is 0 Å². The molecule has 0 amide bonds. The summed E-state index contributed by atoms with van der Waals surface area (Å²) in [5.74, 6) is 0.517. The first-order valence-corrected chi connectivity index (χ1v) is 7.84. The standard InChI is InChI=1S/C16H13ClN6O2/c1-9-19-21(2)16(25)22(9)11-5-3-4-6-12(11)23-15(24)10-7-8-18-14(17)13(10)20-23/h3-8,20H,1-2H3. The number of aryl methyl sites for hydroxylation is 2. The van der Waals surface area contributed by atoms with Gasteiger partial charge in [0, 0.05) is 13.2 Å². The second kappa shape index (κ2) is 5.45. The normalized spacial score (nSPS) is 11.3. The highest BCUT2D eigenvalue weighted by Gasteiger charge is 2.17. The average Bonchev–Trinajstić information content (AvgIpc) is 3.06. The second-order valence-corrected chi connectivity index (χ2v) is 5.91. The van der Waals surface area contributed by atoms with E-state index in [0.717, 1.165) is 0 Å². The number of aromatic amines is 1. The number of benzene rings is 1. The summed E-state index contributed by atoms with van der Waals surface area (Å²) in [6.07, 6.45) is 1.48. The van der Waals surface area contributed by atoms with Gasteiger partial charge in [-0.05, 0) is 25.1 Å². The number of pyridine rings is 1. The van der Waals surface area contributed by atoms with Crippen molar-refractivity contribution in [3.63, 3.8) is 0 Å². The Balaban J connectivity index is 2.06. The van der Waals surface area contributed by atoms with Crippen molar-refractivity contribution in [1.29, 1.82) is 0 Å². The van der Waals surface area contributed by atoms with Gasteiger partial charge in [-0.25, -0.2) is 23.7 Å². The van der Waals surface area contributed by atoms with E-state index in [-0.39, 0.29) is 16.4 Å². The minimum absolute atomic E-state index is 0.209. The van der Waals surface area contributed by atoms with Crippen LogP contribution >= 0.6 is 11.6 Å². The quantitative estimate of drug-likeness (QED) is 0.552. The van der Waals surface area contributed by atoms with Crippen LogP contribution in [-0.2, 0) is 7.05 Å². The molecule has 4 rings (SSSR count). The average molecular weight is 357 g/mol. The number of hydrogen-bond donors (Lipinski definition) is 1. The smallest absolute Gasteiger partial charge is 0.287 e. The SMILES string of the molecule is Cc1nn(C)c(=O)n1-c1ccccc1-n1[nH]c2c(Cl)nccc2c1=O. The molecule has 0 aliphatic carbocycles. The van der Waals surface area contributed by atoms with Gasteiger partial charge in [-0.1, -0.05) is 23.7 Å². The first kappa shape index (κ1) is 15.4. The molecule has 3 aromatic heterocycles. The third-order valence-electron chi connectivity index (χ3n) is 4.01. The van der Waals surface area contributed by atoms with Crippen LogP contribution in [0.1, 0.15) is 5.82 Å². The Morgan fingerprint density at radius 3 is 2.48 bits per heavy atom. The number of halogens is 1. The number of para-hydroxylation sites is 2. The summed E-state index contributed by atoms with van der Waals surface area (Å²) in [5.41, 5.74) is 0.920. The molecule has 126 valence electrons. The number of rotatable bonds is 2. The van der Waals surface area contributed by atoms with Gasteiger partial charge in [0.15, 0.2) is 5.15 Å². The van der Waals surface area contributed by atoms with E-state index in [1.54, 1.807) is 44.3 Å². The Morgan fingerprint density at radius 1 is 1.12 bits per heavy atom. The molecule has 0 saturated heterocycles. The third kappa shape index (κ3) is 2.22. The van der Waals surface area contributed by atoms with Crippen molar-refractivity contribution in [2.45, 2.75) is 6.92 Å². The van der Waals surface area contributed by atoms with E-state index >= 15 is 0 Å². The van der Waals surface area contributed by atoms with Gasteiger partial charge >= 0.3 is 5.69 Å². The van der Waals surface area contributed by atoms with Crippen LogP contribution in [-0.4, -0.2) is 29.1 Å². The molecule has 1 N–H and O–H groups in total. The fourth-order valence-electron chi connectivity index (χ4n) is 2.88. The van der Waals surface area contributed by atoms with Crippen molar-refractivity contribution < 1.29 is 0 Å². The minimum atomic E-state index is -0.297. The highest BCUT2D eigenvalue weighted by atomic mass is 35.5. The Kier molecular flexibility index (Phi) is 3.36. The largest absolute Gasteiger partial charge is 0.350 e. The molecule has 25 heavy (non-hydrogen) atoms. The van der Waals surface area contributed by atoms with Crippen LogP contribution in [0.15, 0.2) is 46.1 Å². The lowest BCUT2D eigenvalue weighted by Crippen LogP contribution is -2.24. The maximum absolute atomic E-state index is 12.8. The van der Waals surface area contributed by atoms with Gasteiger partial charge in [-0.15, -0.1) is 0 Å². The lowest BCUT2D eigenvalue weighted by molar-refractivity contribution is 0.722. The molecule has 0 radical (unpaired) electrons. The number of nitrogens with zero attached hydrogens (tertiary/aromatic N) is 5. The Bertz CT molecular complexity index is 1230. The second-order valence-electron chi connectivity index (χ2n) is 5.55. The van der Waals surface area contributed by atoms with E-state index in [1.165, 1.54) is 20.1 Å². The number of hydrogen-bond acceptors (Lipinski definition) is 4. The molecule has 0 fully saturated rings. The van der Waals surface area contributed by atoms with Crippen LogP contribution in [0.2, 0.25) is 5.15 Å². The Labute approximate surface area is 145 Å². The molecule has 0 aliphatic rings. The van der Waals surface area contributed by atoms with Gasteiger partial charge in [0.25, 0.3) is 5.56 Å². The molecule has 1 aromatic carbocycles. The summed E-state index contributed by atoms with van der Waals surface area (Å²) in [6, 6.07) is 8.67. The molecule has 4 aromatic rings. The van der Waals surface area contributed by atoms with Gasteiger partial charge in [0.05, 0.1) is 16.8 Å². The van der Waals surface area contributed by atoms with Crippen molar-refractivity contribution >= 4 is 22.5 Å².